The van der Waals surface area contributed by atoms with Crippen molar-refractivity contribution >= 4 is 44.5 Å². The molecule has 0 saturated carbocycles. The van der Waals surface area contributed by atoms with Gasteiger partial charge in [0.05, 0.1) is 0 Å². The minimum absolute atomic E-state index is 0.403. The molecule has 0 aromatic carbocycles. The van der Waals surface area contributed by atoms with Crippen molar-refractivity contribution in [2.45, 2.75) is 13.0 Å². The first kappa shape index (κ1) is 11.2. The first-order valence-electron chi connectivity index (χ1n) is 3.91. The zero-order valence-electron chi connectivity index (χ0n) is 7.54. The summed E-state index contributed by atoms with van der Waals surface area (Å²) in [6.45, 7) is 2.12. The second-order valence-corrected chi connectivity index (χ2v) is 4.71. The second kappa shape index (κ2) is 5.09. The molecule has 1 aromatic heterocycles. The van der Waals surface area contributed by atoms with Crippen LogP contribution in [0.3, 0.4) is 0 Å². The van der Waals surface area contributed by atoms with E-state index in [1.165, 1.54) is 0 Å². The van der Waals surface area contributed by atoms with Gasteiger partial charge in [-0.3, -0.25) is 0 Å². The van der Waals surface area contributed by atoms with Crippen LogP contribution in [0.5, 0.6) is 0 Å². The molecule has 0 amide bonds. The average Bonchev–Trinajstić information content (AvgIpc) is 2.17. The van der Waals surface area contributed by atoms with Crippen molar-refractivity contribution in [3.05, 3.63) is 16.0 Å². The summed E-state index contributed by atoms with van der Waals surface area (Å²) in [6.07, 6.45) is 3.64. The minimum atomic E-state index is 0.403. The Morgan fingerprint density at radius 2 is 2.08 bits per heavy atom. The molecule has 0 aliphatic rings. The van der Waals surface area contributed by atoms with E-state index in [4.69, 9.17) is 0 Å². The van der Waals surface area contributed by atoms with Crippen LogP contribution in [0.2, 0.25) is 0 Å². The lowest BCUT2D eigenvalue weighted by Gasteiger charge is -2.22. The highest BCUT2D eigenvalue weighted by Crippen LogP contribution is 2.10. The molecule has 0 bridgehead atoms. The molecule has 0 spiro atoms. The van der Waals surface area contributed by atoms with Crippen LogP contribution < -0.4 is 4.90 Å². The van der Waals surface area contributed by atoms with Gasteiger partial charge in [0.2, 0.25) is 5.95 Å². The third kappa shape index (κ3) is 3.05. The third-order valence-electron chi connectivity index (χ3n) is 1.81. The van der Waals surface area contributed by atoms with Crippen molar-refractivity contribution in [3.8, 4) is 0 Å². The van der Waals surface area contributed by atoms with Crippen LogP contribution in [0, 0.1) is 3.57 Å². The summed E-state index contributed by atoms with van der Waals surface area (Å²) in [4.78, 5) is 10.5. The Hall–Kier alpha value is 0.0900. The maximum Gasteiger partial charge on any atom is 0.225 e. The van der Waals surface area contributed by atoms with E-state index in [9.17, 15) is 0 Å². The van der Waals surface area contributed by atoms with Crippen LogP contribution in [0.4, 0.5) is 5.95 Å². The molecule has 3 nitrogen and oxygen atoms in total. The Morgan fingerprint density at radius 3 is 2.54 bits per heavy atom. The van der Waals surface area contributed by atoms with Gasteiger partial charge in [-0.2, -0.15) is 0 Å². The molecule has 1 unspecified atom stereocenters. The van der Waals surface area contributed by atoms with Gasteiger partial charge in [-0.1, -0.05) is 15.9 Å². The molecule has 5 heteroatoms. The molecule has 1 heterocycles. The lowest BCUT2D eigenvalue weighted by atomic mass is 10.4. The summed E-state index contributed by atoms with van der Waals surface area (Å²) < 4.78 is 1.06. The number of hydrogen-bond donors (Lipinski definition) is 0. The van der Waals surface area contributed by atoms with Gasteiger partial charge in [-0.15, -0.1) is 0 Å². The Labute approximate surface area is 100 Å². The maximum atomic E-state index is 4.23. The van der Waals surface area contributed by atoms with Crippen LogP contribution in [0.1, 0.15) is 6.92 Å². The van der Waals surface area contributed by atoms with Crippen molar-refractivity contribution in [1.82, 2.24) is 9.97 Å². The topological polar surface area (TPSA) is 29.0 Å². The molecule has 13 heavy (non-hydrogen) atoms. The number of rotatable bonds is 3. The van der Waals surface area contributed by atoms with Gasteiger partial charge < -0.3 is 4.90 Å². The van der Waals surface area contributed by atoms with Crippen LogP contribution >= 0.6 is 38.5 Å². The Kier molecular flexibility index (Phi) is 4.37. The summed E-state index contributed by atoms with van der Waals surface area (Å²) in [5.74, 6) is 0.771. The van der Waals surface area contributed by atoms with Crippen LogP contribution in [0.15, 0.2) is 12.4 Å². The van der Waals surface area contributed by atoms with Crippen molar-refractivity contribution in [2.24, 2.45) is 0 Å². The molecule has 0 aliphatic carbocycles. The average molecular weight is 356 g/mol. The van der Waals surface area contributed by atoms with Crippen molar-refractivity contribution in [3.63, 3.8) is 0 Å². The molecule has 0 saturated heterocycles. The Morgan fingerprint density at radius 1 is 1.54 bits per heavy atom. The molecule has 0 fully saturated rings. The Balaban J connectivity index is 2.77. The second-order valence-electron chi connectivity index (χ2n) is 2.82. The van der Waals surface area contributed by atoms with E-state index >= 15 is 0 Å². The van der Waals surface area contributed by atoms with E-state index in [0.717, 1.165) is 14.8 Å². The van der Waals surface area contributed by atoms with Gasteiger partial charge in [0.1, 0.15) is 0 Å². The van der Waals surface area contributed by atoms with Crippen LogP contribution in [0.25, 0.3) is 0 Å². The fourth-order valence-electron chi connectivity index (χ4n) is 0.788. The first-order chi connectivity index (χ1) is 6.15. The van der Waals surface area contributed by atoms with Gasteiger partial charge in [0.25, 0.3) is 0 Å². The molecule has 1 atom stereocenters. The fourth-order valence-corrected chi connectivity index (χ4v) is 1.50. The van der Waals surface area contributed by atoms with E-state index in [1.54, 1.807) is 0 Å². The van der Waals surface area contributed by atoms with E-state index in [2.05, 4.69) is 55.4 Å². The van der Waals surface area contributed by atoms with E-state index in [1.807, 2.05) is 24.3 Å². The number of nitrogens with zero attached hydrogens (tertiary/aromatic N) is 3. The monoisotopic (exact) mass is 355 g/mol. The predicted molar refractivity (Wildman–Crippen MR) is 66.4 cm³/mol. The standard InChI is InChI=1S/C8H11BrIN3/c1-6(3-9)13(2)8-11-4-7(10)5-12-8/h4-6H,3H2,1-2H3. The van der Waals surface area contributed by atoms with Crippen LogP contribution in [-0.2, 0) is 0 Å². The van der Waals surface area contributed by atoms with Gasteiger partial charge in [-0.25, -0.2) is 9.97 Å². The molecule has 0 N–H and O–H groups in total. The number of aromatic nitrogens is 2. The number of halogens is 2. The molecule has 72 valence electrons. The summed E-state index contributed by atoms with van der Waals surface area (Å²) in [5.41, 5.74) is 0. The molecule has 1 aromatic rings. The summed E-state index contributed by atoms with van der Waals surface area (Å²) >= 11 is 5.62. The highest BCUT2D eigenvalue weighted by molar-refractivity contribution is 14.1. The number of hydrogen-bond acceptors (Lipinski definition) is 3. The quantitative estimate of drug-likeness (QED) is 0.615. The van der Waals surface area contributed by atoms with E-state index in [-0.39, 0.29) is 0 Å². The first-order valence-corrected chi connectivity index (χ1v) is 6.11. The normalized spacial score (nSPS) is 12.6. The highest BCUT2D eigenvalue weighted by atomic mass is 127. The summed E-state index contributed by atoms with van der Waals surface area (Å²) in [6, 6.07) is 0.403. The summed E-state index contributed by atoms with van der Waals surface area (Å²) in [7, 11) is 1.99. The molecule has 1 rings (SSSR count). The van der Waals surface area contributed by atoms with Crippen molar-refractivity contribution < 1.29 is 0 Å². The molecular weight excluding hydrogens is 345 g/mol. The Bertz CT molecular complexity index is 265. The highest BCUT2D eigenvalue weighted by Gasteiger charge is 2.10. The predicted octanol–water partition coefficient (Wildman–Crippen LogP) is 2.30. The van der Waals surface area contributed by atoms with E-state index in [0.29, 0.717) is 6.04 Å². The molecule has 0 aliphatic heterocycles. The SMILES string of the molecule is CC(CBr)N(C)c1ncc(I)cn1. The minimum Gasteiger partial charge on any atom is -0.340 e. The lowest BCUT2D eigenvalue weighted by molar-refractivity contribution is 0.741. The van der Waals surface area contributed by atoms with Crippen molar-refractivity contribution in [1.29, 1.82) is 0 Å². The fraction of sp³-hybridized carbons (Fsp3) is 0.500. The smallest absolute Gasteiger partial charge is 0.225 e. The zero-order chi connectivity index (χ0) is 9.84. The maximum absolute atomic E-state index is 4.23. The zero-order valence-corrected chi connectivity index (χ0v) is 11.3. The van der Waals surface area contributed by atoms with Crippen LogP contribution in [-0.4, -0.2) is 28.4 Å². The van der Waals surface area contributed by atoms with E-state index < -0.39 is 0 Å². The van der Waals surface area contributed by atoms with Gasteiger partial charge in [0, 0.05) is 34.4 Å². The summed E-state index contributed by atoms with van der Waals surface area (Å²) in [5, 5.41) is 0.916. The third-order valence-corrected chi connectivity index (χ3v) is 3.30. The van der Waals surface area contributed by atoms with Crippen molar-refractivity contribution in [2.75, 3.05) is 17.3 Å². The molecule has 0 radical (unpaired) electrons. The van der Waals surface area contributed by atoms with Gasteiger partial charge in [0.15, 0.2) is 0 Å². The molecular formula is C8H11BrIN3. The largest absolute Gasteiger partial charge is 0.340 e. The number of anilines is 1. The van der Waals surface area contributed by atoms with Gasteiger partial charge >= 0.3 is 0 Å². The number of alkyl halides is 1. The lowest BCUT2D eigenvalue weighted by Crippen LogP contribution is -2.31. The van der Waals surface area contributed by atoms with Gasteiger partial charge in [-0.05, 0) is 29.5 Å².